The maximum atomic E-state index is 3.46. The van der Waals surface area contributed by atoms with E-state index < -0.39 is 0 Å². The van der Waals surface area contributed by atoms with Crippen LogP contribution in [0.5, 0.6) is 0 Å². The molecule has 1 nitrogen and oxygen atoms in total. The van der Waals surface area contributed by atoms with Crippen LogP contribution < -0.4 is 5.32 Å². The monoisotopic (exact) mass is 265 g/mol. The summed E-state index contributed by atoms with van der Waals surface area (Å²) in [7, 11) is 2.13. The van der Waals surface area contributed by atoms with Crippen LogP contribution in [0.25, 0.3) is 0 Å². The summed E-state index contributed by atoms with van der Waals surface area (Å²) in [4.78, 5) is 0. The summed E-state index contributed by atoms with van der Waals surface area (Å²) in [6.45, 7) is 8.59. The maximum Gasteiger partial charge on any atom is -0.00208 e. The smallest absolute Gasteiger partial charge is 0.00208 e. The van der Waals surface area contributed by atoms with Gasteiger partial charge in [-0.1, -0.05) is 40.0 Å². The SMILES string of the molecule is CNCC1CCC(C(C)C)CC1C1CCCC(C)C1. The van der Waals surface area contributed by atoms with Crippen molar-refractivity contribution in [1.29, 1.82) is 0 Å². The summed E-state index contributed by atoms with van der Waals surface area (Å²) >= 11 is 0. The normalized spacial score (nSPS) is 40.6. The number of rotatable bonds is 4. The fourth-order valence-electron chi connectivity index (χ4n) is 4.87. The fourth-order valence-corrected chi connectivity index (χ4v) is 4.87. The van der Waals surface area contributed by atoms with E-state index in [1.54, 1.807) is 0 Å². The van der Waals surface area contributed by atoms with E-state index in [0.29, 0.717) is 0 Å². The van der Waals surface area contributed by atoms with Gasteiger partial charge in [0.25, 0.3) is 0 Å². The molecule has 0 aliphatic heterocycles. The molecule has 1 N–H and O–H groups in total. The quantitative estimate of drug-likeness (QED) is 0.775. The Balaban J connectivity index is 2.01. The number of hydrogen-bond acceptors (Lipinski definition) is 1. The molecule has 0 amide bonds. The first-order chi connectivity index (χ1) is 9.11. The Morgan fingerprint density at radius 1 is 1.05 bits per heavy atom. The molecule has 2 rings (SSSR count). The fraction of sp³-hybridized carbons (Fsp3) is 1.00. The molecule has 1 heteroatoms. The Morgan fingerprint density at radius 2 is 1.84 bits per heavy atom. The zero-order chi connectivity index (χ0) is 13.8. The van der Waals surface area contributed by atoms with Crippen molar-refractivity contribution in [3.05, 3.63) is 0 Å². The van der Waals surface area contributed by atoms with Crippen molar-refractivity contribution in [2.45, 2.75) is 65.7 Å². The zero-order valence-corrected chi connectivity index (χ0v) is 13.6. The molecule has 0 spiro atoms. The topological polar surface area (TPSA) is 12.0 Å². The second-order valence-electron chi connectivity index (χ2n) is 7.83. The molecular weight excluding hydrogens is 230 g/mol. The number of nitrogens with one attached hydrogen (secondary N) is 1. The molecule has 0 bridgehead atoms. The van der Waals surface area contributed by atoms with Gasteiger partial charge in [0.2, 0.25) is 0 Å². The van der Waals surface area contributed by atoms with Crippen molar-refractivity contribution in [2.75, 3.05) is 13.6 Å². The van der Waals surface area contributed by atoms with Crippen LogP contribution in [0.1, 0.15) is 65.7 Å². The predicted octanol–water partition coefficient (Wildman–Crippen LogP) is 4.72. The highest BCUT2D eigenvalue weighted by atomic mass is 14.8. The highest BCUT2D eigenvalue weighted by molar-refractivity contribution is 4.88. The molecule has 0 saturated heterocycles. The van der Waals surface area contributed by atoms with Crippen LogP contribution in [0, 0.1) is 35.5 Å². The molecule has 19 heavy (non-hydrogen) atoms. The summed E-state index contributed by atoms with van der Waals surface area (Å²) in [6, 6.07) is 0. The average Bonchev–Trinajstić information content (AvgIpc) is 2.39. The molecule has 0 heterocycles. The zero-order valence-electron chi connectivity index (χ0n) is 13.6. The Bertz CT molecular complexity index is 260. The lowest BCUT2D eigenvalue weighted by atomic mass is 9.62. The van der Waals surface area contributed by atoms with Gasteiger partial charge in [0, 0.05) is 0 Å². The van der Waals surface area contributed by atoms with E-state index in [0.717, 1.165) is 35.5 Å². The molecule has 5 atom stereocenters. The van der Waals surface area contributed by atoms with Crippen LogP contribution in [-0.2, 0) is 0 Å². The second-order valence-corrected chi connectivity index (χ2v) is 7.83. The highest BCUT2D eigenvalue weighted by Crippen LogP contribution is 2.46. The lowest BCUT2D eigenvalue weighted by molar-refractivity contribution is 0.0688. The van der Waals surface area contributed by atoms with Crippen LogP contribution >= 0.6 is 0 Å². The maximum absolute atomic E-state index is 3.46. The van der Waals surface area contributed by atoms with Gasteiger partial charge in [-0.2, -0.15) is 0 Å². The molecule has 5 unspecified atom stereocenters. The third-order valence-electron chi connectivity index (χ3n) is 6.08. The molecule has 2 aliphatic rings. The van der Waals surface area contributed by atoms with Gasteiger partial charge in [0.15, 0.2) is 0 Å². The van der Waals surface area contributed by atoms with E-state index in [-0.39, 0.29) is 0 Å². The van der Waals surface area contributed by atoms with E-state index in [4.69, 9.17) is 0 Å². The molecule has 2 aliphatic carbocycles. The Hall–Kier alpha value is -0.0400. The third-order valence-corrected chi connectivity index (χ3v) is 6.08. The molecule has 2 saturated carbocycles. The van der Waals surface area contributed by atoms with Crippen LogP contribution in [0.4, 0.5) is 0 Å². The Kier molecular flexibility index (Phi) is 5.74. The molecule has 0 aromatic rings. The Labute approximate surface area is 120 Å². The van der Waals surface area contributed by atoms with Crippen LogP contribution in [0.3, 0.4) is 0 Å². The first-order valence-corrected chi connectivity index (χ1v) is 8.76. The van der Waals surface area contributed by atoms with Crippen LogP contribution in [-0.4, -0.2) is 13.6 Å². The van der Waals surface area contributed by atoms with Gasteiger partial charge in [-0.3, -0.25) is 0 Å². The van der Waals surface area contributed by atoms with Crippen LogP contribution in [0.15, 0.2) is 0 Å². The van der Waals surface area contributed by atoms with Crippen molar-refractivity contribution in [3.8, 4) is 0 Å². The van der Waals surface area contributed by atoms with Crippen molar-refractivity contribution in [1.82, 2.24) is 5.32 Å². The standard InChI is InChI=1S/C18H35N/c1-13(2)15-8-9-17(12-19-4)18(11-15)16-7-5-6-14(3)10-16/h13-19H,5-12H2,1-4H3. The molecule has 2 fully saturated rings. The molecule has 0 aromatic carbocycles. The largest absolute Gasteiger partial charge is 0.319 e. The Morgan fingerprint density at radius 3 is 2.47 bits per heavy atom. The summed E-state index contributed by atoms with van der Waals surface area (Å²) in [6.07, 6.45) is 10.5. The van der Waals surface area contributed by atoms with Gasteiger partial charge in [0.05, 0.1) is 0 Å². The van der Waals surface area contributed by atoms with Gasteiger partial charge < -0.3 is 5.32 Å². The summed E-state index contributed by atoms with van der Waals surface area (Å²) in [5, 5.41) is 3.46. The number of hydrogen-bond donors (Lipinski definition) is 1. The van der Waals surface area contributed by atoms with Crippen molar-refractivity contribution < 1.29 is 0 Å². The minimum atomic E-state index is 0.888. The van der Waals surface area contributed by atoms with E-state index in [2.05, 4.69) is 33.1 Å². The van der Waals surface area contributed by atoms with Gasteiger partial charge in [0.1, 0.15) is 0 Å². The summed E-state index contributed by atoms with van der Waals surface area (Å²) in [5.74, 6) is 5.86. The first kappa shape index (κ1) is 15.4. The minimum Gasteiger partial charge on any atom is -0.319 e. The highest BCUT2D eigenvalue weighted by Gasteiger charge is 2.37. The summed E-state index contributed by atoms with van der Waals surface area (Å²) in [5.41, 5.74) is 0. The molecule has 0 radical (unpaired) electrons. The summed E-state index contributed by atoms with van der Waals surface area (Å²) < 4.78 is 0. The average molecular weight is 265 g/mol. The van der Waals surface area contributed by atoms with E-state index >= 15 is 0 Å². The lowest BCUT2D eigenvalue weighted by Gasteiger charge is -2.44. The van der Waals surface area contributed by atoms with Crippen LogP contribution in [0.2, 0.25) is 0 Å². The first-order valence-electron chi connectivity index (χ1n) is 8.76. The molecule has 112 valence electrons. The van der Waals surface area contributed by atoms with Crippen molar-refractivity contribution in [2.24, 2.45) is 35.5 Å². The van der Waals surface area contributed by atoms with Crippen molar-refractivity contribution in [3.63, 3.8) is 0 Å². The van der Waals surface area contributed by atoms with Gasteiger partial charge in [-0.25, -0.2) is 0 Å². The van der Waals surface area contributed by atoms with Crippen molar-refractivity contribution >= 4 is 0 Å². The molecule has 0 aromatic heterocycles. The molecular formula is C18H35N. The van der Waals surface area contributed by atoms with Gasteiger partial charge in [-0.15, -0.1) is 0 Å². The minimum absolute atomic E-state index is 0.888. The van der Waals surface area contributed by atoms with E-state index in [1.165, 1.54) is 51.5 Å². The lowest BCUT2D eigenvalue weighted by Crippen LogP contribution is -2.38. The third kappa shape index (κ3) is 3.97. The van der Waals surface area contributed by atoms with E-state index in [1.807, 2.05) is 0 Å². The van der Waals surface area contributed by atoms with Gasteiger partial charge in [-0.05, 0) is 74.8 Å². The predicted molar refractivity (Wildman–Crippen MR) is 84.2 cm³/mol. The van der Waals surface area contributed by atoms with Gasteiger partial charge >= 0.3 is 0 Å². The second kappa shape index (κ2) is 7.11. The van der Waals surface area contributed by atoms with E-state index in [9.17, 15) is 0 Å².